The van der Waals surface area contributed by atoms with Gasteiger partial charge in [0.25, 0.3) is 11.6 Å². The van der Waals surface area contributed by atoms with E-state index in [4.69, 9.17) is 0 Å². The molecule has 3 aromatic rings. The van der Waals surface area contributed by atoms with Crippen LogP contribution < -0.4 is 5.32 Å². The summed E-state index contributed by atoms with van der Waals surface area (Å²) in [6.45, 7) is 2.07. The van der Waals surface area contributed by atoms with Crippen molar-refractivity contribution in [1.82, 2.24) is 19.3 Å². The average Bonchev–Trinajstić information content (AvgIpc) is 3.17. The molecule has 1 aliphatic carbocycles. The van der Waals surface area contributed by atoms with E-state index >= 15 is 0 Å². The molecule has 1 saturated carbocycles. The standard InChI is InChI=1S/C18H18N6O3/c1-12(13-2-3-13)23-17(6-7-20-23)21-18(25)14-4-5-15(16(10-14)24(26)27)22-9-8-19-11-22/h4-13H,2-3H2,1H3,(H,21,25). The smallest absolute Gasteiger partial charge is 0.294 e. The first-order valence-electron chi connectivity index (χ1n) is 8.66. The highest BCUT2D eigenvalue weighted by atomic mass is 16.6. The minimum absolute atomic E-state index is 0.166. The number of hydrogen-bond donors (Lipinski definition) is 1. The number of anilines is 1. The van der Waals surface area contributed by atoms with Crippen LogP contribution in [0.15, 0.2) is 49.2 Å². The Morgan fingerprint density at radius 2 is 2.15 bits per heavy atom. The molecule has 2 heterocycles. The molecule has 2 aromatic heterocycles. The number of carbonyl (C=O) groups is 1. The lowest BCUT2D eigenvalue weighted by Crippen LogP contribution is -2.18. The van der Waals surface area contributed by atoms with Gasteiger partial charge in [0, 0.05) is 30.1 Å². The monoisotopic (exact) mass is 366 g/mol. The minimum Gasteiger partial charge on any atom is -0.307 e. The van der Waals surface area contributed by atoms with Gasteiger partial charge in [-0.1, -0.05) is 0 Å². The molecule has 9 heteroatoms. The highest BCUT2D eigenvalue weighted by molar-refractivity contribution is 6.04. The first-order valence-corrected chi connectivity index (χ1v) is 8.66. The van der Waals surface area contributed by atoms with E-state index in [0.29, 0.717) is 17.4 Å². The van der Waals surface area contributed by atoms with Crippen molar-refractivity contribution in [3.05, 3.63) is 64.9 Å². The molecule has 1 unspecified atom stereocenters. The summed E-state index contributed by atoms with van der Waals surface area (Å²) in [6.07, 6.45) is 8.58. The van der Waals surface area contributed by atoms with E-state index in [1.807, 2.05) is 0 Å². The van der Waals surface area contributed by atoms with Crippen LogP contribution in [0.25, 0.3) is 5.69 Å². The number of nitro groups is 1. The Bertz CT molecular complexity index is 990. The first kappa shape index (κ1) is 17.0. The summed E-state index contributed by atoms with van der Waals surface area (Å²) in [5.41, 5.74) is 0.388. The Kier molecular flexibility index (Phi) is 4.19. The van der Waals surface area contributed by atoms with Crippen molar-refractivity contribution in [3.8, 4) is 5.69 Å². The third-order valence-corrected chi connectivity index (χ3v) is 4.82. The van der Waals surface area contributed by atoms with Crippen LogP contribution in [0.4, 0.5) is 11.5 Å². The number of hydrogen-bond acceptors (Lipinski definition) is 5. The van der Waals surface area contributed by atoms with Crippen molar-refractivity contribution in [3.63, 3.8) is 0 Å². The second-order valence-electron chi connectivity index (χ2n) is 6.62. The van der Waals surface area contributed by atoms with E-state index in [1.54, 1.807) is 35.3 Å². The van der Waals surface area contributed by atoms with Gasteiger partial charge in [-0.25, -0.2) is 9.67 Å². The Balaban J connectivity index is 1.60. The maximum atomic E-state index is 12.7. The maximum Gasteiger partial charge on any atom is 0.294 e. The van der Waals surface area contributed by atoms with E-state index in [0.717, 1.165) is 12.8 Å². The maximum absolute atomic E-state index is 12.7. The van der Waals surface area contributed by atoms with Gasteiger partial charge in [0.15, 0.2) is 0 Å². The zero-order chi connectivity index (χ0) is 19.0. The number of nitrogens with one attached hydrogen (secondary N) is 1. The van der Waals surface area contributed by atoms with Crippen LogP contribution in [-0.4, -0.2) is 30.2 Å². The molecule has 1 aromatic carbocycles. The van der Waals surface area contributed by atoms with E-state index in [9.17, 15) is 14.9 Å². The predicted molar refractivity (Wildman–Crippen MR) is 97.8 cm³/mol. The second-order valence-corrected chi connectivity index (χ2v) is 6.62. The molecule has 0 aliphatic heterocycles. The van der Waals surface area contributed by atoms with Crippen LogP contribution in [0.3, 0.4) is 0 Å². The average molecular weight is 366 g/mol. The fourth-order valence-electron chi connectivity index (χ4n) is 3.14. The molecule has 138 valence electrons. The summed E-state index contributed by atoms with van der Waals surface area (Å²) in [5, 5.41) is 18.6. The summed E-state index contributed by atoms with van der Waals surface area (Å²) in [6, 6.07) is 6.30. The minimum atomic E-state index is -0.508. The fourth-order valence-corrected chi connectivity index (χ4v) is 3.14. The van der Waals surface area contributed by atoms with E-state index < -0.39 is 10.8 Å². The van der Waals surface area contributed by atoms with Crippen molar-refractivity contribution in [1.29, 1.82) is 0 Å². The van der Waals surface area contributed by atoms with Crippen LogP contribution >= 0.6 is 0 Å². The number of carbonyl (C=O) groups excluding carboxylic acids is 1. The molecule has 0 bridgehead atoms. The van der Waals surface area contributed by atoms with Crippen molar-refractivity contribution >= 4 is 17.4 Å². The summed E-state index contributed by atoms with van der Waals surface area (Å²) < 4.78 is 3.33. The van der Waals surface area contributed by atoms with E-state index in [1.165, 1.54) is 23.2 Å². The van der Waals surface area contributed by atoms with Gasteiger partial charge >= 0.3 is 0 Å². The molecular weight excluding hydrogens is 348 g/mol. The van der Waals surface area contributed by atoms with Gasteiger partial charge in [-0.2, -0.15) is 5.10 Å². The third-order valence-electron chi connectivity index (χ3n) is 4.82. The SMILES string of the molecule is CC(C1CC1)n1nccc1NC(=O)c1ccc(-n2ccnc2)c([N+](=O)[O-])c1. The molecule has 0 saturated heterocycles. The Hall–Kier alpha value is -3.49. The number of benzene rings is 1. The van der Waals surface area contributed by atoms with Gasteiger partial charge in [0.05, 0.1) is 23.5 Å². The zero-order valence-corrected chi connectivity index (χ0v) is 14.6. The number of amides is 1. The van der Waals surface area contributed by atoms with Crippen molar-refractivity contribution in [2.75, 3.05) is 5.32 Å². The van der Waals surface area contributed by atoms with Gasteiger partial charge in [-0.15, -0.1) is 0 Å². The van der Waals surface area contributed by atoms with Gasteiger partial charge in [-0.3, -0.25) is 14.9 Å². The Morgan fingerprint density at radius 3 is 2.81 bits per heavy atom. The molecule has 4 rings (SSSR count). The van der Waals surface area contributed by atoms with E-state index in [2.05, 4.69) is 22.3 Å². The Labute approximate surface area is 154 Å². The molecule has 1 atom stereocenters. The molecule has 27 heavy (non-hydrogen) atoms. The van der Waals surface area contributed by atoms with Gasteiger partial charge in [0.1, 0.15) is 11.5 Å². The normalized spacial score (nSPS) is 14.7. The van der Waals surface area contributed by atoms with Crippen LogP contribution in [0.2, 0.25) is 0 Å². The molecule has 1 amide bonds. The summed E-state index contributed by atoms with van der Waals surface area (Å²) in [7, 11) is 0. The highest BCUT2D eigenvalue weighted by Gasteiger charge is 2.31. The summed E-state index contributed by atoms with van der Waals surface area (Å²) >= 11 is 0. The van der Waals surface area contributed by atoms with Crippen molar-refractivity contribution in [2.45, 2.75) is 25.8 Å². The Morgan fingerprint density at radius 1 is 1.33 bits per heavy atom. The lowest BCUT2D eigenvalue weighted by molar-refractivity contribution is -0.384. The van der Waals surface area contributed by atoms with Crippen LogP contribution in [0, 0.1) is 16.0 Å². The topological polar surface area (TPSA) is 108 Å². The van der Waals surface area contributed by atoms with E-state index in [-0.39, 0.29) is 17.3 Å². The number of nitrogens with zero attached hydrogens (tertiary/aromatic N) is 5. The molecular formula is C18H18N6O3. The zero-order valence-electron chi connectivity index (χ0n) is 14.6. The summed E-state index contributed by atoms with van der Waals surface area (Å²) in [4.78, 5) is 27.5. The van der Waals surface area contributed by atoms with Gasteiger partial charge in [0.2, 0.25) is 0 Å². The first-order chi connectivity index (χ1) is 13.0. The van der Waals surface area contributed by atoms with Crippen molar-refractivity contribution in [2.24, 2.45) is 5.92 Å². The molecule has 0 spiro atoms. The van der Waals surface area contributed by atoms with Crippen LogP contribution in [-0.2, 0) is 0 Å². The summed E-state index contributed by atoms with van der Waals surface area (Å²) in [5.74, 6) is 0.747. The number of aromatic nitrogens is 4. The predicted octanol–water partition coefficient (Wildman–Crippen LogP) is 3.20. The second kappa shape index (κ2) is 6.67. The van der Waals surface area contributed by atoms with Crippen LogP contribution in [0.1, 0.15) is 36.2 Å². The molecule has 0 radical (unpaired) electrons. The molecule has 1 N–H and O–H groups in total. The number of nitro benzene ring substituents is 1. The third kappa shape index (κ3) is 3.31. The quantitative estimate of drug-likeness (QED) is 0.532. The van der Waals surface area contributed by atoms with Gasteiger partial charge in [-0.05, 0) is 37.8 Å². The van der Waals surface area contributed by atoms with Gasteiger partial charge < -0.3 is 9.88 Å². The largest absolute Gasteiger partial charge is 0.307 e. The van der Waals surface area contributed by atoms with Crippen LogP contribution in [0.5, 0.6) is 0 Å². The van der Waals surface area contributed by atoms with Crippen molar-refractivity contribution < 1.29 is 9.72 Å². The highest BCUT2D eigenvalue weighted by Crippen LogP contribution is 2.40. The number of imidazole rings is 1. The molecule has 1 aliphatic rings. The molecule has 9 nitrogen and oxygen atoms in total. The molecule has 1 fully saturated rings. The lowest BCUT2D eigenvalue weighted by Gasteiger charge is -2.15. The number of rotatable bonds is 6. The lowest BCUT2D eigenvalue weighted by atomic mass is 10.1. The fraction of sp³-hybridized carbons (Fsp3) is 0.278.